The number of nitrogens with one attached hydrogen (secondary N) is 1. The summed E-state index contributed by atoms with van der Waals surface area (Å²) in [6.07, 6.45) is 2.03. The summed E-state index contributed by atoms with van der Waals surface area (Å²) in [6.45, 7) is 1.89. The van der Waals surface area contributed by atoms with E-state index in [4.69, 9.17) is 0 Å². The van der Waals surface area contributed by atoms with Crippen LogP contribution in [0.4, 0.5) is 0 Å². The highest BCUT2D eigenvalue weighted by atomic mass is 16.1. The average Bonchev–Trinajstić information content (AvgIpc) is 2.27. The molecule has 0 bridgehead atoms. The summed E-state index contributed by atoms with van der Waals surface area (Å²) in [7, 11) is 0. The first kappa shape index (κ1) is 11.4. The van der Waals surface area contributed by atoms with E-state index in [9.17, 15) is 9.59 Å². The van der Waals surface area contributed by atoms with Crippen LogP contribution in [0.15, 0.2) is 30.3 Å². The molecule has 0 spiro atoms. The Balaban J connectivity index is 2.45. The first-order chi connectivity index (χ1) is 7.24. The van der Waals surface area contributed by atoms with E-state index in [-0.39, 0.29) is 11.9 Å². The molecule has 3 heteroatoms. The van der Waals surface area contributed by atoms with E-state index in [0.29, 0.717) is 18.4 Å². The lowest BCUT2D eigenvalue weighted by molar-refractivity contribution is -0.108. The van der Waals surface area contributed by atoms with Crippen LogP contribution in [0.5, 0.6) is 0 Å². The van der Waals surface area contributed by atoms with Gasteiger partial charge in [0.2, 0.25) is 0 Å². The Morgan fingerprint density at radius 3 is 2.67 bits per heavy atom. The Bertz CT molecular complexity index is 322. The van der Waals surface area contributed by atoms with Gasteiger partial charge in [-0.25, -0.2) is 0 Å². The highest BCUT2D eigenvalue weighted by Crippen LogP contribution is 2.00. The number of carbonyl (C=O) groups excluding carboxylic acids is 2. The molecular formula is C12H15NO2. The summed E-state index contributed by atoms with van der Waals surface area (Å²) in [4.78, 5) is 21.8. The van der Waals surface area contributed by atoms with Gasteiger partial charge in [-0.1, -0.05) is 18.2 Å². The van der Waals surface area contributed by atoms with Gasteiger partial charge >= 0.3 is 0 Å². The van der Waals surface area contributed by atoms with Crippen molar-refractivity contribution in [1.82, 2.24) is 5.32 Å². The quantitative estimate of drug-likeness (QED) is 0.745. The zero-order valence-corrected chi connectivity index (χ0v) is 8.77. The fourth-order valence-electron chi connectivity index (χ4n) is 1.29. The van der Waals surface area contributed by atoms with E-state index in [1.54, 1.807) is 12.1 Å². The lowest BCUT2D eigenvalue weighted by atomic mass is 10.1. The predicted molar refractivity (Wildman–Crippen MR) is 58.7 cm³/mol. The summed E-state index contributed by atoms with van der Waals surface area (Å²) >= 11 is 0. The van der Waals surface area contributed by atoms with Crippen LogP contribution in [0.3, 0.4) is 0 Å². The van der Waals surface area contributed by atoms with Gasteiger partial charge in [0.1, 0.15) is 6.29 Å². The van der Waals surface area contributed by atoms with E-state index >= 15 is 0 Å². The second-order valence-corrected chi connectivity index (χ2v) is 3.48. The largest absolute Gasteiger partial charge is 0.350 e. The molecule has 1 N–H and O–H groups in total. The summed E-state index contributed by atoms with van der Waals surface area (Å²) in [5.74, 6) is -0.0889. The van der Waals surface area contributed by atoms with E-state index in [0.717, 1.165) is 6.29 Å². The maximum Gasteiger partial charge on any atom is 0.251 e. The van der Waals surface area contributed by atoms with Crippen LogP contribution in [-0.2, 0) is 4.79 Å². The third kappa shape index (κ3) is 3.94. The summed E-state index contributed by atoms with van der Waals surface area (Å²) in [5.41, 5.74) is 0.649. The SMILES string of the molecule is CC(CCC=O)NC(=O)c1ccccc1. The second-order valence-electron chi connectivity index (χ2n) is 3.48. The summed E-state index contributed by atoms with van der Waals surface area (Å²) < 4.78 is 0. The average molecular weight is 205 g/mol. The molecular weight excluding hydrogens is 190 g/mol. The van der Waals surface area contributed by atoms with Crippen LogP contribution >= 0.6 is 0 Å². The van der Waals surface area contributed by atoms with Crippen molar-refractivity contribution in [2.75, 3.05) is 0 Å². The molecule has 1 aromatic carbocycles. The molecule has 1 atom stereocenters. The van der Waals surface area contributed by atoms with Gasteiger partial charge in [0.25, 0.3) is 5.91 Å². The molecule has 0 aliphatic carbocycles. The van der Waals surface area contributed by atoms with E-state index in [1.165, 1.54) is 0 Å². The lowest BCUT2D eigenvalue weighted by Gasteiger charge is -2.12. The minimum atomic E-state index is -0.0889. The van der Waals surface area contributed by atoms with Gasteiger partial charge in [0, 0.05) is 18.0 Å². The van der Waals surface area contributed by atoms with Gasteiger partial charge in [-0.2, -0.15) is 0 Å². The Hall–Kier alpha value is -1.64. The van der Waals surface area contributed by atoms with Crippen LogP contribution in [0.1, 0.15) is 30.1 Å². The number of amides is 1. The Morgan fingerprint density at radius 2 is 2.07 bits per heavy atom. The number of aldehydes is 1. The highest BCUT2D eigenvalue weighted by molar-refractivity contribution is 5.94. The molecule has 0 heterocycles. The normalized spacial score (nSPS) is 11.8. The third-order valence-electron chi connectivity index (χ3n) is 2.13. The topological polar surface area (TPSA) is 46.2 Å². The Morgan fingerprint density at radius 1 is 1.40 bits per heavy atom. The van der Waals surface area contributed by atoms with Crippen molar-refractivity contribution in [2.45, 2.75) is 25.8 Å². The zero-order chi connectivity index (χ0) is 11.1. The molecule has 0 saturated heterocycles. The molecule has 1 rings (SSSR count). The molecule has 0 fully saturated rings. The number of benzene rings is 1. The van der Waals surface area contributed by atoms with Crippen molar-refractivity contribution in [2.24, 2.45) is 0 Å². The van der Waals surface area contributed by atoms with Gasteiger partial charge in [0.15, 0.2) is 0 Å². The van der Waals surface area contributed by atoms with Crippen LogP contribution in [0.2, 0.25) is 0 Å². The molecule has 0 aliphatic rings. The zero-order valence-electron chi connectivity index (χ0n) is 8.77. The van der Waals surface area contributed by atoms with Crippen molar-refractivity contribution in [3.05, 3.63) is 35.9 Å². The number of hydrogen-bond donors (Lipinski definition) is 1. The van der Waals surface area contributed by atoms with Crippen LogP contribution in [-0.4, -0.2) is 18.2 Å². The molecule has 0 aliphatic heterocycles. The van der Waals surface area contributed by atoms with Gasteiger partial charge in [0.05, 0.1) is 0 Å². The Kier molecular flexibility index (Phi) is 4.54. The smallest absolute Gasteiger partial charge is 0.251 e. The fourth-order valence-corrected chi connectivity index (χ4v) is 1.29. The molecule has 1 amide bonds. The summed E-state index contributed by atoms with van der Waals surface area (Å²) in [5, 5.41) is 2.83. The predicted octanol–water partition coefficient (Wildman–Crippen LogP) is 1.78. The lowest BCUT2D eigenvalue weighted by Crippen LogP contribution is -2.32. The van der Waals surface area contributed by atoms with Crippen molar-refractivity contribution in [3.8, 4) is 0 Å². The van der Waals surface area contributed by atoms with Crippen LogP contribution in [0, 0.1) is 0 Å². The van der Waals surface area contributed by atoms with E-state index in [2.05, 4.69) is 5.32 Å². The highest BCUT2D eigenvalue weighted by Gasteiger charge is 2.08. The summed E-state index contributed by atoms with van der Waals surface area (Å²) in [6, 6.07) is 9.08. The number of hydrogen-bond acceptors (Lipinski definition) is 2. The molecule has 1 unspecified atom stereocenters. The van der Waals surface area contributed by atoms with Gasteiger partial charge in [-0.15, -0.1) is 0 Å². The maximum atomic E-state index is 11.6. The van der Waals surface area contributed by atoms with Crippen LogP contribution < -0.4 is 5.32 Å². The van der Waals surface area contributed by atoms with Gasteiger partial charge in [-0.3, -0.25) is 4.79 Å². The third-order valence-corrected chi connectivity index (χ3v) is 2.13. The Labute approximate surface area is 89.5 Å². The minimum absolute atomic E-state index is 0.0305. The molecule has 3 nitrogen and oxygen atoms in total. The van der Waals surface area contributed by atoms with Gasteiger partial charge < -0.3 is 10.1 Å². The second kappa shape index (κ2) is 5.96. The molecule has 80 valence electrons. The molecule has 0 aromatic heterocycles. The first-order valence-electron chi connectivity index (χ1n) is 5.03. The molecule has 0 saturated carbocycles. The molecule has 15 heavy (non-hydrogen) atoms. The number of carbonyl (C=O) groups is 2. The monoisotopic (exact) mass is 205 g/mol. The molecule has 1 aromatic rings. The van der Waals surface area contributed by atoms with Crippen LogP contribution in [0.25, 0.3) is 0 Å². The van der Waals surface area contributed by atoms with E-state index in [1.807, 2.05) is 25.1 Å². The van der Waals surface area contributed by atoms with Crippen molar-refractivity contribution in [3.63, 3.8) is 0 Å². The minimum Gasteiger partial charge on any atom is -0.350 e. The fraction of sp³-hybridized carbons (Fsp3) is 0.333. The number of rotatable bonds is 5. The molecule has 0 radical (unpaired) electrons. The van der Waals surface area contributed by atoms with Crippen molar-refractivity contribution < 1.29 is 9.59 Å². The van der Waals surface area contributed by atoms with Crippen molar-refractivity contribution in [1.29, 1.82) is 0 Å². The van der Waals surface area contributed by atoms with E-state index < -0.39 is 0 Å². The first-order valence-corrected chi connectivity index (χ1v) is 5.03. The van der Waals surface area contributed by atoms with Gasteiger partial charge in [-0.05, 0) is 25.5 Å². The standard InChI is InChI=1S/C12H15NO2/c1-10(6-5-9-14)13-12(15)11-7-3-2-4-8-11/h2-4,7-10H,5-6H2,1H3,(H,13,15). The maximum absolute atomic E-state index is 11.6. The van der Waals surface area contributed by atoms with Crippen molar-refractivity contribution >= 4 is 12.2 Å².